The fraction of sp³-hybridized carbons (Fsp3) is 0.250. The van der Waals surface area contributed by atoms with Gasteiger partial charge in [-0.15, -0.1) is 0 Å². The first-order chi connectivity index (χ1) is 13.3. The van der Waals surface area contributed by atoms with Crippen LogP contribution in [0.2, 0.25) is 0 Å². The second-order valence-corrected chi connectivity index (χ2v) is 6.50. The van der Waals surface area contributed by atoms with Gasteiger partial charge in [-0.05, 0) is 41.8 Å². The molecule has 1 amide bonds. The maximum absolute atomic E-state index is 12.4. The van der Waals surface area contributed by atoms with E-state index < -0.39 is 0 Å². The molecule has 3 aliphatic heterocycles. The summed E-state index contributed by atoms with van der Waals surface area (Å²) in [6, 6.07) is 9.57. The number of amides is 1. The average molecular weight is 366 g/mol. The highest BCUT2D eigenvalue weighted by Gasteiger charge is 2.22. The molecule has 3 aliphatic rings. The predicted molar refractivity (Wildman–Crippen MR) is 96.7 cm³/mol. The summed E-state index contributed by atoms with van der Waals surface area (Å²) in [6.07, 6.45) is 2.47. The van der Waals surface area contributed by atoms with Crippen LogP contribution in [0, 0.1) is 0 Å². The second-order valence-electron chi connectivity index (χ2n) is 6.50. The van der Waals surface area contributed by atoms with E-state index in [4.69, 9.17) is 18.9 Å². The number of rotatable bonds is 3. The molecular formula is C20H18N2O5. The summed E-state index contributed by atoms with van der Waals surface area (Å²) in [5, 5.41) is 6.21. The number of fused-ring (bicyclic) bond motifs is 3. The molecule has 0 spiro atoms. The van der Waals surface area contributed by atoms with Crippen molar-refractivity contribution in [2.24, 2.45) is 0 Å². The molecule has 0 saturated heterocycles. The van der Waals surface area contributed by atoms with E-state index in [0.717, 1.165) is 46.9 Å². The van der Waals surface area contributed by atoms with Crippen molar-refractivity contribution in [1.29, 1.82) is 0 Å². The van der Waals surface area contributed by atoms with Crippen LogP contribution < -0.4 is 29.6 Å². The van der Waals surface area contributed by atoms with Gasteiger partial charge in [0.1, 0.15) is 0 Å². The van der Waals surface area contributed by atoms with Crippen LogP contribution in [0.5, 0.6) is 23.0 Å². The van der Waals surface area contributed by atoms with E-state index in [1.54, 1.807) is 6.08 Å². The van der Waals surface area contributed by atoms with E-state index in [-0.39, 0.29) is 19.5 Å². The van der Waals surface area contributed by atoms with Crippen molar-refractivity contribution >= 4 is 11.6 Å². The highest BCUT2D eigenvalue weighted by Crippen LogP contribution is 2.38. The Morgan fingerprint density at radius 2 is 1.74 bits per heavy atom. The van der Waals surface area contributed by atoms with Crippen molar-refractivity contribution in [2.75, 3.05) is 20.1 Å². The van der Waals surface area contributed by atoms with Gasteiger partial charge in [-0.1, -0.05) is 6.07 Å². The van der Waals surface area contributed by atoms with Crippen LogP contribution in [0.3, 0.4) is 0 Å². The van der Waals surface area contributed by atoms with Crippen LogP contribution in [-0.2, 0) is 17.8 Å². The summed E-state index contributed by atoms with van der Waals surface area (Å²) < 4.78 is 21.6. The van der Waals surface area contributed by atoms with E-state index in [1.165, 1.54) is 0 Å². The Balaban J connectivity index is 1.31. The number of hydrogen-bond donors (Lipinski definition) is 2. The molecule has 0 bridgehead atoms. The van der Waals surface area contributed by atoms with Gasteiger partial charge in [0.15, 0.2) is 23.0 Å². The van der Waals surface area contributed by atoms with Crippen molar-refractivity contribution in [2.45, 2.75) is 13.0 Å². The fourth-order valence-corrected chi connectivity index (χ4v) is 3.42. The smallest absolute Gasteiger partial charge is 0.246 e. The Morgan fingerprint density at radius 1 is 1.00 bits per heavy atom. The average Bonchev–Trinajstić information content (AvgIpc) is 3.33. The first-order valence-electron chi connectivity index (χ1n) is 8.81. The van der Waals surface area contributed by atoms with Gasteiger partial charge in [0.2, 0.25) is 19.5 Å². The zero-order valence-corrected chi connectivity index (χ0v) is 14.5. The molecule has 2 N–H and O–H groups in total. The Kier molecular flexibility index (Phi) is 3.78. The highest BCUT2D eigenvalue weighted by molar-refractivity contribution is 5.95. The molecule has 5 rings (SSSR count). The van der Waals surface area contributed by atoms with Crippen LogP contribution in [0.4, 0.5) is 0 Å². The van der Waals surface area contributed by atoms with Crippen LogP contribution in [0.15, 0.2) is 36.4 Å². The minimum absolute atomic E-state index is 0.166. The SMILES string of the molecule is O=C(C=C1NCCc2cc3c(cc21)OCO3)NCc1ccc2c(c1)OCO2. The van der Waals surface area contributed by atoms with Gasteiger partial charge in [-0.25, -0.2) is 0 Å². The van der Waals surface area contributed by atoms with Crippen molar-refractivity contribution < 1.29 is 23.7 Å². The minimum atomic E-state index is -0.166. The number of hydrogen-bond acceptors (Lipinski definition) is 6. The van der Waals surface area contributed by atoms with Crippen LogP contribution in [0.25, 0.3) is 5.70 Å². The van der Waals surface area contributed by atoms with Crippen LogP contribution in [0.1, 0.15) is 16.7 Å². The third-order valence-corrected chi connectivity index (χ3v) is 4.78. The molecule has 0 atom stereocenters. The van der Waals surface area contributed by atoms with E-state index in [9.17, 15) is 4.79 Å². The normalized spacial score (nSPS) is 17.4. The zero-order valence-electron chi connectivity index (χ0n) is 14.5. The fourth-order valence-electron chi connectivity index (χ4n) is 3.42. The lowest BCUT2D eigenvalue weighted by Crippen LogP contribution is -2.26. The molecule has 0 radical (unpaired) electrons. The van der Waals surface area contributed by atoms with Crippen molar-refractivity contribution in [1.82, 2.24) is 10.6 Å². The Labute approximate surface area is 155 Å². The minimum Gasteiger partial charge on any atom is -0.454 e. The van der Waals surface area contributed by atoms with Gasteiger partial charge in [0.05, 0.1) is 0 Å². The molecule has 7 nitrogen and oxygen atoms in total. The molecule has 0 saturated carbocycles. The van der Waals surface area contributed by atoms with Crippen molar-refractivity contribution in [3.63, 3.8) is 0 Å². The van der Waals surface area contributed by atoms with Gasteiger partial charge in [0.25, 0.3) is 0 Å². The van der Waals surface area contributed by atoms with Gasteiger partial charge in [0, 0.05) is 30.4 Å². The lowest BCUT2D eigenvalue weighted by Gasteiger charge is -2.21. The molecule has 2 aromatic carbocycles. The molecule has 0 fully saturated rings. The molecular weight excluding hydrogens is 348 g/mol. The Bertz CT molecular complexity index is 954. The first kappa shape index (κ1) is 15.9. The first-order valence-corrected chi connectivity index (χ1v) is 8.81. The standard InChI is InChI=1S/C20H18N2O5/c23-20(22-9-12-1-2-16-17(5-12)25-10-24-16)8-15-14-7-19-18(26-11-27-19)6-13(14)3-4-21-15/h1-2,5-8,21H,3-4,9-11H2,(H,22,23). The van der Waals surface area contributed by atoms with E-state index >= 15 is 0 Å². The second kappa shape index (κ2) is 6.42. The largest absolute Gasteiger partial charge is 0.454 e. The lowest BCUT2D eigenvalue weighted by atomic mass is 9.97. The van der Waals surface area contributed by atoms with Gasteiger partial charge < -0.3 is 29.6 Å². The third-order valence-electron chi connectivity index (χ3n) is 4.78. The maximum atomic E-state index is 12.4. The van der Waals surface area contributed by atoms with Gasteiger partial charge in [-0.2, -0.15) is 0 Å². The van der Waals surface area contributed by atoms with E-state index in [0.29, 0.717) is 18.0 Å². The van der Waals surface area contributed by atoms with Crippen LogP contribution in [-0.4, -0.2) is 26.0 Å². The van der Waals surface area contributed by atoms with Crippen LogP contribution >= 0.6 is 0 Å². The molecule has 0 aliphatic carbocycles. The lowest BCUT2D eigenvalue weighted by molar-refractivity contribution is -0.116. The monoisotopic (exact) mass is 366 g/mol. The molecule has 7 heteroatoms. The predicted octanol–water partition coefficient (Wildman–Crippen LogP) is 1.95. The summed E-state index contributed by atoms with van der Waals surface area (Å²) in [5.41, 5.74) is 3.86. The number of benzene rings is 2. The number of ether oxygens (including phenoxy) is 4. The maximum Gasteiger partial charge on any atom is 0.246 e. The number of nitrogens with one attached hydrogen (secondary N) is 2. The Morgan fingerprint density at radius 3 is 2.59 bits per heavy atom. The third kappa shape index (κ3) is 3.01. The summed E-state index contributed by atoms with van der Waals surface area (Å²) in [4.78, 5) is 12.4. The molecule has 2 aromatic rings. The van der Waals surface area contributed by atoms with Gasteiger partial charge >= 0.3 is 0 Å². The zero-order chi connectivity index (χ0) is 18.2. The number of carbonyl (C=O) groups is 1. The quantitative estimate of drug-likeness (QED) is 0.809. The van der Waals surface area contributed by atoms with E-state index in [1.807, 2.05) is 30.3 Å². The highest BCUT2D eigenvalue weighted by atomic mass is 16.7. The molecule has 3 heterocycles. The van der Waals surface area contributed by atoms with Crippen molar-refractivity contribution in [3.8, 4) is 23.0 Å². The summed E-state index contributed by atoms with van der Waals surface area (Å²) in [5.74, 6) is 2.75. The summed E-state index contributed by atoms with van der Waals surface area (Å²) in [6.45, 7) is 1.66. The molecule has 0 unspecified atom stereocenters. The summed E-state index contributed by atoms with van der Waals surface area (Å²) >= 11 is 0. The van der Waals surface area contributed by atoms with Crippen molar-refractivity contribution in [3.05, 3.63) is 53.1 Å². The summed E-state index contributed by atoms with van der Waals surface area (Å²) in [7, 11) is 0. The molecule has 0 aromatic heterocycles. The van der Waals surface area contributed by atoms with Gasteiger partial charge in [-0.3, -0.25) is 4.79 Å². The molecule has 138 valence electrons. The molecule has 27 heavy (non-hydrogen) atoms. The topological polar surface area (TPSA) is 78.1 Å². The number of carbonyl (C=O) groups excluding carboxylic acids is 1. The van der Waals surface area contributed by atoms with E-state index in [2.05, 4.69) is 10.6 Å². The Hall–Kier alpha value is -3.35.